The number of fused-ring (bicyclic) bond motifs is 4. The zero-order chi connectivity index (χ0) is 21.4. The number of nitrogens with zero attached hydrogens (tertiary/aromatic N) is 1. The van der Waals surface area contributed by atoms with Crippen molar-refractivity contribution in [3.63, 3.8) is 0 Å². The van der Waals surface area contributed by atoms with Crippen molar-refractivity contribution in [2.45, 2.75) is 57.6 Å². The highest BCUT2D eigenvalue weighted by atomic mass is 16.5. The first-order valence-corrected chi connectivity index (χ1v) is 11.4. The first-order chi connectivity index (χ1) is 15.1. The van der Waals surface area contributed by atoms with Crippen molar-refractivity contribution in [3.8, 4) is 5.75 Å². The molecule has 1 unspecified atom stereocenters. The van der Waals surface area contributed by atoms with Gasteiger partial charge in [-0.3, -0.25) is 4.79 Å². The third kappa shape index (κ3) is 3.87. The molecule has 0 saturated heterocycles. The Morgan fingerprint density at radius 3 is 2.81 bits per heavy atom. The van der Waals surface area contributed by atoms with Gasteiger partial charge in [0.2, 0.25) is 0 Å². The van der Waals surface area contributed by atoms with Crippen molar-refractivity contribution >= 4 is 17.1 Å². The maximum absolute atomic E-state index is 12.2. The molecule has 0 spiro atoms. The van der Waals surface area contributed by atoms with Crippen LogP contribution >= 0.6 is 0 Å². The summed E-state index contributed by atoms with van der Waals surface area (Å²) in [5, 5.41) is 12.9. The Morgan fingerprint density at radius 2 is 1.97 bits per heavy atom. The Labute approximate surface area is 183 Å². The van der Waals surface area contributed by atoms with Gasteiger partial charge in [-0.15, -0.1) is 0 Å². The Bertz CT molecular complexity index is 1150. The highest BCUT2D eigenvalue weighted by Crippen LogP contribution is 2.35. The van der Waals surface area contributed by atoms with E-state index in [-0.39, 0.29) is 23.7 Å². The minimum Gasteiger partial charge on any atom is -0.506 e. The van der Waals surface area contributed by atoms with Crippen LogP contribution in [0.2, 0.25) is 0 Å². The van der Waals surface area contributed by atoms with Crippen LogP contribution in [-0.2, 0) is 11.2 Å². The highest BCUT2D eigenvalue weighted by Gasteiger charge is 2.35. The predicted molar refractivity (Wildman–Crippen MR) is 122 cm³/mol. The van der Waals surface area contributed by atoms with Gasteiger partial charge in [-0.2, -0.15) is 0 Å². The number of aliphatic hydroxyl groups is 1. The standard InChI is InChI=1S/C27H29NO3/c1-18(11-12-19-7-3-2-4-8-19)31-21-13-14-22-23-9-5-6-10-25(23)28-17-20(29)15-26(30)27(28)24(22)16-21/h2-4,7-8,13-16,18,25,30H,5-6,9-12,17H2,1H3/t18?,25-/m0/s1. The van der Waals surface area contributed by atoms with E-state index in [1.807, 2.05) is 12.1 Å². The molecule has 160 valence electrons. The van der Waals surface area contributed by atoms with Crippen molar-refractivity contribution in [3.05, 3.63) is 76.4 Å². The number of benzene rings is 2. The lowest BCUT2D eigenvalue weighted by atomic mass is 9.83. The molecule has 0 amide bonds. The SMILES string of the molecule is CC(CCc1ccccc1)Oc1ccc2c(c1)=C1C(O)=CC(=O)CN1[C@H]1CCCCC=21. The summed E-state index contributed by atoms with van der Waals surface area (Å²) in [5.41, 5.74) is 3.50. The van der Waals surface area contributed by atoms with Gasteiger partial charge >= 0.3 is 0 Å². The van der Waals surface area contributed by atoms with Crippen LogP contribution in [0.5, 0.6) is 5.75 Å². The number of aryl methyl sites for hydroxylation is 1. The molecule has 1 saturated carbocycles. The lowest BCUT2D eigenvalue weighted by Gasteiger charge is -2.42. The zero-order valence-corrected chi connectivity index (χ0v) is 18.0. The topological polar surface area (TPSA) is 49.8 Å². The van der Waals surface area contributed by atoms with Crippen LogP contribution in [0, 0.1) is 0 Å². The highest BCUT2D eigenvalue weighted by molar-refractivity contribution is 5.97. The Balaban J connectivity index is 1.48. The monoisotopic (exact) mass is 415 g/mol. The lowest BCUT2D eigenvalue weighted by Crippen LogP contribution is -2.52. The summed E-state index contributed by atoms with van der Waals surface area (Å²) < 4.78 is 6.27. The summed E-state index contributed by atoms with van der Waals surface area (Å²) in [4.78, 5) is 14.3. The fourth-order valence-electron chi connectivity index (χ4n) is 5.25. The Morgan fingerprint density at radius 1 is 1.13 bits per heavy atom. The fraction of sp³-hybridized carbons (Fsp3) is 0.370. The minimum absolute atomic E-state index is 0.0310. The third-order valence-corrected chi connectivity index (χ3v) is 6.72. The van der Waals surface area contributed by atoms with Crippen LogP contribution < -0.4 is 15.2 Å². The molecule has 2 aromatic rings. The summed E-state index contributed by atoms with van der Waals surface area (Å²) in [7, 11) is 0. The second-order valence-corrected chi connectivity index (χ2v) is 8.92. The van der Waals surface area contributed by atoms with Gasteiger partial charge in [-0.25, -0.2) is 0 Å². The van der Waals surface area contributed by atoms with E-state index in [0.717, 1.165) is 48.8 Å². The average molecular weight is 416 g/mol. The van der Waals surface area contributed by atoms with Crippen molar-refractivity contribution in [1.29, 1.82) is 0 Å². The quantitative estimate of drug-likeness (QED) is 0.810. The van der Waals surface area contributed by atoms with Gasteiger partial charge in [0.1, 0.15) is 11.5 Å². The molecule has 1 N–H and O–H groups in total. The van der Waals surface area contributed by atoms with Gasteiger partial charge < -0.3 is 14.7 Å². The molecule has 1 aliphatic carbocycles. The first-order valence-electron chi connectivity index (χ1n) is 11.4. The number of ether oxygens (including phenoxy) is 1. The molecule has 4 nitrogen and oxygen atoms in total. The van der Waals surface area contributed by atoms with Crippen molar-refractivity contribution < 1.29 is 14.6 Å². The van der Waals surface area contributed by atoms with Crippen LogP contribution in [0.15, 0.2) is 60.4 Å². The molecule has 0 aromatic heterocycles. The van der Waals surface area contributed by atoms with E-state index in [4.69, 9.17) is 4.74 Å². The second-order valence-electron chi connectivity index (χ2n) is 8.92. The average Bonchev–Trinajstić information content (AvgIpc) is 2.78. The van der Waals surface area contributed by atoms with Gasteiger partial charge in [0.15, 0.2) is 5.78 Å². The molecule has 0 radical (unpaired) electrons. The van der Waals surface area contributed by atoms with E-state index >= 15 is 0 Å². The molecule has 1 fully saturated rings. The van der Waals surface area contributed by atoms with Gasteiger partial charge in [-0.05, 0) is 67.5 Å². The molecule has 2 aliphatic heterocycles. The minimum atomic E-state index is -0.0310. The molecule has 5 rings (SSSR count). The maximum Gasteiger partial charge on any atom is 0.178 e. The Hall–Kier alpha value is -3.01. The van der Waals surface area contributed by atoms with E-state index in [2.05, 4.69) is 48.2 Å². The van der Waals surface area contributed by atoms with E-state index in [9.17, 15) is 9.90 Å². The molecule has 2 aromatic carbocycles. The fourth-order valence-corrected chi connectivity index (χ4v) is 5.25. The molecule has 31 heavy (non-hydrogen) atoms. The number of hydrogen-bond donors (Lipinski definition) is 1. The normalized spacial score (nSPS) is 21.1. The molecule has 0 bridgehead atoms. The number of rotatable bonds is 5. The molecular formula is C27H29NO3. The smallest absolute Gasteiger partial charge is 0.178 e. The third-order valence-electron chi connectivity index (χ3n) is 6.72. The van der Waals surface area contributed by atoms with Gasteiger partial charge in [0, 0.05) is 11.3 Å². The molecular weight excluding hydrogens is 386 g/mol. The van der Waals surface area contributed by atoms with Crippen LogP contribution in [0.1, 0.15) is 44.6 Å². The molecule has 2 atom stereocenters. The summed E-state index contributed by atoms with van der Waals surface area (Å²) >= 11 is 0. The summed E-state index contributed by atoms with van der Waals surface area (Å²) in [6.45, 7) is 2.44. The largest absolute Gasteiger partial charge is 0.506 e. The van der Waals surface area contributed by atoms with Crippen LogP contribution in [0.3, 0.4) is 0 Å². The second kappa shape index (κ2) is 8.26. The van der Waals surface area contributed by atoms with Gasteiger partial charge in [0.05, 0.1) is 24.4 Å². The van der Waals surface area contributed by atoms with E-state index in [1.165, 1.54) is 28.9 Å². The zero-order valence-electron chi connectivity index (χ0n) is 18.0. The van der Waals surface area contributed by atoms with E-state index < -0.39 is 0 Å². The predicted octanol–water partition coefficient (Wildman–Crippen LogP) is 3.63. The van der Waals surface area contributed by atoms with Crippen molar-refractivity contribution in [2.24, 2.45) is 0 Å². The summed E-state index contributed by atoms with van der Waals surface area (Å²) in [6, 6.07) is 16.9. The number of carbonyl (C=O) groups is 1. The molecule has 2 heterocycles. The number of ketones is 1. The number of carbonyl (C=O) groups excluding carboxylic acids is 1. The van der Waals surface area contributed by atoms with Gasteiger partial charge in [-0.1, -0.05) is 42.8 Å². The number of hydrogen-bond acceptors (Lipinski definition) is 4. The van der Waals surface area contributed by atoms with Crippen LogP contribution in [0.25, 0.3) is 11.3 Å². The summed E-state index contributed by atoms with van der Waals surface area (Å²) in [5.74, 6) is 0.860. The number of aliphatic hydroxyl groups excluding tert-OH is 1. The van der Waals surface area contributed by atoms with Crippen molar-refractivity contribution in [1.82, 2.24) is 4.90 Å². The van der Waals surface area contributed by atoms with Gasteiger partial charge in [0.25, 0.3) is 0 Å². The first kappa shape index (κ1) is 19.9. The lowest BCUT2D eigenvalue weighted by molar-refractivity contribution is -0.115. The Kier molecular flexibility index (Phi) is 5.31. The molecule has 4 heteroatoms. The summed E-state index contributed by atoms with van der Waals surface area (Å²) in [6.07, 6.45) is 7.79. The van der Waals surface area contributed by atoms with Crippen LogP contribution in [-0.4, -0.2) is 34.5 Å². The molecule has 3 aliphatic rings. The maximum atomic E-state index is 12.2. The van der Waals surface area contributed by atoms with Crippen LogP contribution in [0.4, 0.5) is 0 Å². The van der Waals surface area contributed by atoms with E-state index in [1.54, 1.807) is 0 Å². The van der Waals surface area contributed by atoms with Crippen molar-refractivity contribution in [2.75, 3.05) is 6.54 Å². The van der Waals surface area contributed by atoms with E-state index in [0.29, 0.717) is 6.54 Å².